The van der Waals surface area contributed by atoms with E-state index in [4.69, 9.17) is 0 Å². The van der Waals surface area contributed by atoms with E-state index in [0.29, 0.717) is 11.3 Å². The van der Waals surface area contributed by atoms with Crippen LogP contribution in [0.15, 0.2) is 45.0 Å². The number of halogens is 1. The number of hydrogen-bond acceptors (Lipinski definition) is 5. The standard InChI is InChI=1S/C20H19BrN4O2S/c1-12-2-7-15-16(8-12)28-19-18(15)20(27)25(11-22-19)10-17(26)24-23-9-13-3-5-14(21)6-4-13/h3-6,9,11-12H,2,7-8,10H2,1H3,(H,24,26)/b23-9-. The van der Waals surface area contributed by atoms with Gasteiger partial charge in [0.25, 0.3) is 11.5 Å². The fraction of sp³-hybridized carbons (Fsp3) is 0.300. The molecule has 2 aromatic heterocycles. The van der Waals surface area contributed by atoms with Gasteiger partial charge >= 0.3 is 0 Å². The van der Waals surface area contributed by atoms with Gasteiger partial charge in [-0.15, -0.1) is 11.3 Å². The van der Waals surface area contributed by atoms with Crippen molar-refractivity contribution in [3.05, 3.63) is 61.4 Å². The third kappa shape index (κ3) is 3.93. The van der Waals surface area contributed by atoms with Crippen LogP contribution in [-0.4, -0.2) is 21.7 Å². The average molecular weight is 459 g/mol. The lowest BCUT2D eigenvalue weighted by Crippen LogP contribution is -2.30. The van der Waals surface area contributed by atoms with Gasteiger partial charge in [-0.05, 0) is 48.4 Å². The predicted molar refractivity (Wildman–Crippen MR) is 115 cm³/mol. The van der Waals surface area contributed by atoms with Crippen LogP contribution in [0.4, 0.5) is 0 Å². The molecule has 4 rings (SSSR count). The molecule has 6 nitrogen and oxygen atoms in total. The van der Waals surface area contributed by atoms with Crippen molar-refractivity contribution in [2.24, 2.45) is 11.0 Å². The Morgan fingerprint density at radius 3 is 3.00 bits per heavy atom. The monoisotopic (exact) mass is 458 g/mol. The van der Waals surface area contributed by atoms with Crippen molar-refractivity contribution in [2.45, 2.75) is 32.7 Å². The van der Waals surface area contributed by atoms with Gasteiger partial charge in [-0.1, -0.05) is 35.0 Å². The van der Waals surface area contributed by atoms with Crippen molar-refractivity contribution in [3.8, 4) is 0 Å². The third-order valence-corrected chi connectivity index (χ3v) is 6.56. The highest BCUT2D eigenvalue weighted by Gasteiger charge is 2.23. The first-order valence-corrected chi connectivity index (χ1v) is 10.7. The van der Waals surface area contributed by atoms with Gasteiger partial charge in [-0.2, -0.15) is 5.10 Å². The van der Waals surface area contributed by atoms with Gasteiger partial charge in [0.15, 0.2) is 0 Å². The van der Waals surface area contributed by atoms with Crippen LogP contribution < -0.4 is 11.0 Å². The molecule has 3 aromatic rings. The van der Waals surface area contributed by atoms with Gasteiger partial charge in [0.05, 0.1) is 17.9 Å². The van der Waals surface area contributed by atoms with Crippen molar-refractivity contribution in [3.63, 3.8) is 0 Å². The number of benzene rings is 1. The summed E-state index contributed by atoms with van der Waals surface area (Å²) in [6.45, 7) is 2.12. The second-order valence-corrected chi connectivity index (χ2v) is 9.05. The predicted octanol–water partition coefficient (Wildman–Crippen LogP) is 3.50. The molecule has 1 aliphatic carbocycles. The highest BCUT2D eigenvalue weighted by atomic mass is 79.9. The van der Waals surface area contributed by atoms with Crippen LogP contribution in [0, 0.1) is 5.92 Å². The molecule has 0 fully saturated rings. The first-order valence-electron chi connectivity index (χ1n) is 9.08. The smallest absolute Gasteiger partial charge is 0.262 e. The van der Waals surface area contributed by atoms with Crippen molar-refractivity contribution in [2.75, 3.05) is 0 Å². The molecule has 144 valence electrons. The molecule has 2 heterocycles. The normalized spacial score (nSPS) is 16.4. The summed E-state index contributed by atoms with van der Waals surface area (Å²) in [7, 11) is 0. The molecule has 0 saturated heterocycles. The highest BCUT2D eigenvalue weighted by Crippen LogP contribution is 2.35. The minimum Gasteiger partial charge on any atom is -0.289 e. The van der Waals surface area contributed by atoms with Crippen LogP contribution in [0.5, 0.6) is 0 Å². The van der Waals surface area contributed by atoms with Crippen molar-refractivity contribution < 1.29 is 4.79 Å². The van der Waals surface area contributed by atoms with Crippen LogP contribution in [0.1, 0.15) is 29.3 Å². The number of rotatable bonds is 4. The minimum absolute atomic E-state index is 0.111. The largest absolute Gasteiger partial charge is 0.289 e. The lowest BCUT2D eigenvalue weighted by molar-refractivity contribution is -0.121. The first kappa shape index (κ1) is 19.0. The average Bonchev–Trinajstić information content (AvgIpc) is 3.04. The van der Waals surface area contributed by atoms with Gasteiger partial charge in [-0.25, -0.2) is 10.4 Å². The Balaban J connectivity index is 1.50. The van der Waals surface area contributed by atoms with E-state index in [1.165, 1.54) is 15.8 Å². The lowest BCUT2D eigenvalue weighted by Gasteiger charge is -2.17. The number of hydrazone groups is 1. The fourth-order valence-electron chi connectivity index (χ4n) is 3.40. The molecule has 1 N–H and O–H groups in total. The van der Waals surface area contributed by atoms with E-state index in [0.717, 1.165) is 39.7 Å². The molecule has 0 aliphatic heterocycles. The molecular formula is C20H19BrN4O2S. The van der Waals surface area contributed by atoms with Gasteiger partial charge in [-0.3, -0.25) is 14.2 Å². The zero-order valence-electron chi connectivity index (χ0n) is 15.3. The maximum Gasteiger partial charge on any atom is 0.262 e. The molecule has 28 heavy (non-hydrogen) atoms. The molecule has 0 spiro atoms. The molecule has 1 unspecified atom stereocenters. The number of aromatic nitrogens is 2. The van der Waals surface area contributed by atoms with Gasteiger partial charge in [0, 0.05) is 9.35 Å². The molecule has 0 bridgehead atoms. The van der Waals surface area contributed by atoms with Crippen LogP contribution in [0.2, 0.25) is 0 Å². The summed E-state index contributed by atoms with van der Waals surface area (Å²) < 4.78 is 2.33. The Kier molecular flexibility index (Phi) is 5.41. The van der Waals surface area contributed by atoms with Crippen LogP contribution in [-0.2, 0) is 24.2 Å². The van der Waals surface area contributed by atoms with Crippen molar-refractivity contribution in [1.29, 1.82) is 0 Å². The number of aryl methyl sites for hydroxylation is 1. The van der Waals surface area contributed by atoms with E-state index in [1.807, 2.05) is 24.3 Å². The van der Waals surface area contributed by atoms with Gasteiger partial charge in [0.1, 0.15) is 11.4 Å². The Morgan fingerprint density at radius 1 is 1.43 bits per heavy atom. The summed E-state index contributed by atoms with van der Waals surface area (Å²) in [5.41, 5.74) is 4.30. The molecule has 0 saturated carbocycles. The summed E-state index contributed by atoms with van der Waals surface area (Å²) in [5, 5.41) is 4.64. The first-order chi connectivity index (χ1) is 13.5. The zero-order valence-corrected chi connectivity index (χ0v) is 17.7. The van der Waals surface area contributed by atoms with Crippen molar-refractivity contribution in [1.82, 2.24) is 15.0 Å². The van der Waals surface area contributed by atoms with Crippen LogP contribution >= 0.6 is 27.3 Å². The summed E-state index contributed by atoms with van der Waals surface area (Å²) in [6, 6.07) is 7.54. The quantitative estimate of drug-likeness (QED) is 0.480. The maximum atomic E-state index is 12.9. The number of carbonyl (C=O) groups excluding carboxylic acids is 1. The van der Waals surface area contributed by atoms with E-state index in [9.17, 15) is 9.59 Å². The number of hydrogen-bond donors (Lipinski definition) is 1. The highest BCUT2D eigenvalue weighted by molar-refractivity contribution is 9.10. The maximum absolute atomic E-state index is 12.9. The lowest BCUT2D eigenvalue weighted by atomic mass is 9.89. The number of carbonyl (C=O) groups is 1. The molecule has 1 aliphatic rings. The second-order valence-electron chi connectivity index (χ2n) is 7.05. The second kappa shape index (κ2) is 7.97. The molecule has 1 atom stereocenters. The van der Waals surface area contributed by atoms with E-state index in [-0.39, 0.29) is 18.0 Å². The molecule has 1 aromatic carbocycles. The van der Waals surface area contributed by atoms with E-state index < -0.39 is 0 Å². The summed E-state index contributed by atoms with van der Waals surface area (Å²) in [4.78, 5) is 31.6. The van der Waals surface area contributed by atoms with Crippen LogP contribution in [0.25, 0.3) is 10.2 Å². The van der Waals surface area contributed by atoms with E-state index in [1.54, 1.807) is 17.6 Å². The molecular weight excluding hydrogens is 440 g/mol. The number of nitrogens with one attached hydrogen (secondary N) is 1. The topological polar surface area (TPSA) is 76.3 Å². The van der Waals surface area contributed by atoms with E-state index in [2.05, 4.69) is 38.4 Å². The third-order valence-electron chi connectivity index (χ3n) is 4.87. The Labute approximate surface area is 174 Å². The summed E-state index contributed by atoms with van der Waals surface area (Å²) >= 11 is 4.97. The van der Waals surface area contributed by atoms with Crippen LogP contribution in [0.3, 0.4) is 0 Å². The zero-order chi connectivity index (χ0) is 19.7. The number of fused-ring (bicyclic) bond motifs is 3. The summed E-state index contributed by atoms with van der Waals surface area (Å²) in [6.07, 6.45) is 6.00. The van der Waals surface area contributed by atoms with E-state index >= 15 is 0 Å². The Bertz CT molecular complexity index is 1120. The summed E-state index contributed by atoms with van der Waals surface area (Å²) in [5.74, 6) is 0.270. The number of amides is 1. The molecule has 8 heteroatoms. The SMILES string of the molecule is CC1CCc2c(sc3ncn(CC(=O)N/N=C\c4ccc(Br)cc4)c(=O)c23)C1. The number of thiophene rings is 1. The molecule has 0 radical (unpaired) electrons. The Morgan fingerprint density at radius 2 is 2.21 bits per heavy atom. The fourth-order valence-corrected chi connectivity index (χ4v) is 5.00. The Hall–Kier alpha value is -2.32. The van der Waals surface area contributed by atoms with Crippen molar-refractivity contribution >= 4 is 49.6 Å². The van der Waals surface area contributed by atoms with Gasteiger partial charge in [0.2, 0.25) is 0 Å². The minimum atomic E-state index is -0.366. The molecule has 1 amide bonds. The van der Waals surface area contributed by atoms with Gasteiger partial charge < -0.3 is 0 Å². The number of nitrogens with zero attached hydrogens (tertiary/aromatic N) is 3.